The highest BCUT2D eigenvalue weighted by Gasteiger charge is 2.03. The smallest absolute Gasteiger partial charge is 0.216 e. The average molecular weight is 213 g/mol. The highest BCUT2D eigenvalue weighted by molar-refractivity contribution is 5.59. The van der Waals surface area contributed by atoms with E-state index in [1.165, 1.54) is 6.07 Å². The van der Waals surface area contributed by atoms with Gasteiger partial charge in [-0.05, 0) is 19.1 Å². The Morgan fingerprint density at radius 2 is 1.88 bits per heavy atom. The molecule has 0 aliphatic rings. The topological polar surface area (TPSA) is 49.6 Å². The summed E-state index contributed by atoms with van der Waals surface area (Å²) in [6, 6.07) is 10.1. The van der Waals surface area contributed by atoms with E-state index in [0.29, 0.717) is 17.1 Å². The van der Waals surface area contributed by atoms with E-state index in [2.05, 4.69) is 9.97 Å². The molecule has 16 heavy (non-hydrogen) atoms. The van der Waals surface area contributed by atoms with Gasteiger partial charge in [-0.15, -0.1) is 0 Å². The molecule has 0 bridgehead atoms. The van der Waals surface area contributed by atoms with Crippen molar-refractivity contribution in [3.63, 3.8) is 0 Å². The fraction of sp³-hybridized carbons (Fsp3) is 0.0833. The summed E-state index contributed by atoms with van der Waals surface area (Å²) >= 11 is 0. The van der Waals surface area contributed by atoms with Crippen LogP contribution in [0.4, 0.5) is 4.39 Å². The number of halogens is 1. The Kier molecular flexibility index (Phi) is 2.61. The van der Waals surface area contributed by atoms with E-state index < -0.39 is 5.95 Å². The molecule has 0 aliphatic heterocycles. The van der Waals surface area contributed by atoms with Crippen LogP contribution in [0.2, 0.25) is 0 Å². The van der Waals surface area contributed by atoms with Crippen molar-refractivity contribution in [3.05, 3.63) is 47.7 Å². The van der Waals surface area contributed by atoms with Gasteiger partial charge in [0.15, 0.2) is 0 Å². The molecule has 78 valence electrons. The maximum absolute atomic E-state index is 13.1. The van der Waals surface area contributed by atoms with E-state index in [1.807, 2.05) is 6.07 Å². The molecule has 1 heterocycles. The van der Waals surface area contributed by atoms with Gasteiger partial charge in [-0.25, -0.2) is 9.97 Å². The van der Waals surface area contributed by atoms with Crippen molar-refractivity contribution in [1.29, 1.82) is 5.26 Å². The minimum absolute atomic E-state index is 0.388. The number of rotatable bonds is 1. The van der Waals surface area contributed by atoms with Crippen molar-refractivity contribution in [2.45, 2.75) is 6.92 Å². The summed E-state index contributed by atoms with van der Waals surface area (Å²) in [5.74, 6) is -0.161. The highest BCUT2D eigenvalue weighted by Crippen LogP contribution is 2.17. The normalized spacial score (nSPS) is 9.81. The number of benzene rings is 1. The molecule has 4 heteroatoms. The number of nitrogens with zero attached hydrogens (tertiary/aromatic N) is 3. The van der Waals surface area contributed by atoms with Gasteiger partial charge >= 0.3 is 0 Å². The van der Waals surface area contributed by atoms with Gasteiger partial charge in [-0.2, -0.15) is 9.65 Å². The van der Waals surface area contributed by atoms with Crippen LogP contribution in [0, 0.1) is 24.2 Å². The molecule has 0 spiro atoms. The van der Waals surface area contributed by atoms with Gasteiger partial charge in [0.2, 0.25) is 5.95 Å². The van der Waals surface area contributed by atoms with E-state index >= 15 is 0 Å². The molecule has 0 unspecified atom stereocenters. The Morgan fingerprint density at radius 3 is 2.44 bits per heavy atom. The first-order chi connectivity index (χ1) is 7.69. The molecule has 1 aromatic heterocycles. The first kappa shape index (κ1) is 10.2. The predicted octanol–water partition coefficient (Wildman–Crippen LogP) is 2.46. The molecule has 0 N–H and O–H groups in total. The van der Waals surface area contributed by atoms with Gasteiger partial charge in [-0.1, -0.05) is 12.1 Å². The molecule has 2 aromatic rings. The van der Waals surface area contributed by atoms with E-state index in [9.17, 15) is 4.39 Å². The first-order valence-electron chi connectivity index (χ1n) is 4.71. The van der Waals surface area contributed by atoms with Crippen molar-refractivity contribution in [2.75, 3.05) is 0 Å². The third-order valence-corrected chi connectivity index (χ3v) is 2.12. The van der Waals surface area contributed by atoms with Gasteiger partial charge < -0.3 is 0 Å². The lowest BCUT2D eigenvalue weighted by Crippen LogP contribution is -1.94. The third-order valence-electron chi connectivity index (χ3n) is 2.12. The van der Waals surface area contributed by atoms with Crippen LogP contribution in [-0.4, -0.2) is 9.97 Å². The van der Waals surface area contributed by atoms with E-state index in [0.717, 1.165) is 5.56 Å². The Labute approximate surface area is 92.2 Å². The molecule has 1 aromatic carbocycles. The molecular weight excluding hydrogens is 205 g/mol. The zero-order valence-corrected chi connectivity index (χ0v) is 8.61. The minimum atomic E-state index is -0.549. The quantitative estimate of drug-likeness (QED) is 0.683. The number of hydrogen-bond acceptors (Lipinski definition) is 3. The fourth-order valence-electron chi connectivity index (χ4n) is 1.39. The zero-order valence-electron chi connectivity index (χ0n) is 8.61. The summed E-state index contributed by atoms with van der Waals surface area (Å²) in [6.07, 6.45) is 0. The van der Waals surface area contributed by atoms with Crippen molar-refractivity contribution < 1.29 is 4.39 Å². The highest BCUT2D eigenvalue weighted by atomic mass is 19.1. The summed E-state index contributed by atoms with van der Waals surface area (Å²) in [6.45, 7) is 1.64. The fourth-order valence-corrected chi connectivity index (χ4v) is 1.39. The van der Waals surface area contributed by atoms with Crippen molar-refractivity contribution in [1.82, 2.24) is 9.97 Å². The summed E-state index contributed by atoms with van der Waals surface area (Å²) in [7, 11) is 0. The number of aryl methyl sites for hydroxylation is 1. The van der Waals surface area contributed by atoms with Crippen LogP contribution >= 0.6 is 0 Å². The Balaban J connectivity index is 2.47. The predicted molar refractivity (Wildman–Crippen MR) is 56.9 cm³/mol. The van der Waals surface area contributed by atoms with Crippen molar-refractivity contribution >= 4 is 0 Å². The van der Waals surface area contributed by atoms with Gasteiger partial charge in [0.25, 0.3) is 0 Å². The average Bonchev–Trinajstić information content (AvgIpc) is 2.28. The summed E-state index contributed by atoms with van der Waals surface area (Å²) < 4.78 is 13.1. The lowest BCUT2D eigenvalue weighted by molar-refractivity contribution is 0.575. The minimum Gasteiger partial charge on any atom is -0.233 e. The van der Waals surface area contributed by atoms with Crippen LogP contribution in [0.3, 0.4) is 0 Å². The molecule has 0 amide bonds. The largest absolute Gasteiger partial charge is 0.233 e. The van der Waals surface area contributed by atoms with Crippen LogP contribution in [-0.2, 0) is 0 Å². The van der Waals surface area contributed by atoms with E-state index in [1.54, 1.807) is 31.2 Å². The van der Waals surface area contributed by atoms with Crippen molar-refractivity contribution in [3.8, 4) is 17.3 Å². The number of nitriles is 1. The van der Waals surface area contributed by atoms with E-state index in [4.69, 9.17) is 5.26 Å². The van der Waals surface area contributed by atoms with Crippen LogP contribution in [0.1, 0.15) is 11.4 Å². The molecule has 0 saturated heterocycles. The summed E-state index contributed by atoms with van der Waals surface area (Å²) in [5.41, 5.74) is 1.85. The maximum Gasteiger partial charge on any atom is 0.216 e. The lowest BCUT2D eigenvalue weighted by Gasteiger charge is -2.01. The van der Waals surface area contributed by atoms with Gasteiger partial charge in [0, 0.05) is 11.6 Å². The molecule has 0 atom stereocenters. The summed E-state index contributed by atoms with van der Waals surface area (Å²) in [5, 5.41) is 8.65. The van der Waals surface area contributed by atoms with Gasteiger partial charge in [-0.3, -0.25) is 0 Å². The molecule has 3 nitrogen and oxygen atoms in total. The second-order valence-corrected chi connectivity index (χ2v) is 3.31. The van der Waals surface area contributed by atoms with Crippen LogP contribution in [0.25, 0.3) is 11.3 Å². The monoisotopic (exact) mass is 213 g/mol. The number of aromatic nitrogens is 2. The first-order valence-corrected chi connectivity index (χ1v) is 4.71. The van der Waals surface area contributed by atoms with Crippen LogP contribution < -0.4 is 0 Å². The standard InChI is InChI=1S/C12H8FN3/c1-8-15-11(6-12(13)16-8)10-4-2-9(7-14)3-5-10/h2-6H,1H3. The molecule has 0 aliphatic carbocycles. The Bertz CT molecular complexity index is 535. The van der Waals surface area contributed by atoms with E-state index in [-0.39, 0.29) is 0 Å². The van der Waals surface area contributed by atoms with Crippen LogP contribution in [0.5, 0.6) is 0 Å². The second kappa shape index (κ2) is 4.07. The molecular formula is C12H8FN3. The van der Waals surface area contributed by atoms with Gasteiger partial charge in [0.1, 0.15) is 5.82 Å². The Hall–Kier alpha value is -2.28. The summed E-state index contributed by atoms with van der Waals surface area (Å²) in [4.78, 5) is 7.69. The second-order valence-electron chi connectivity index (χ2n) is 3.31. The molecule has 0 fully saturated rings. The van der Waals surface area contributed by atoms with Crippen LogP contribution in [0.15, 0.2) is 30.3 Å². The molecule has 0 radical (unpaired) electrons. The lowest BCUT2D eigenvalue weighted by atomic mass is 10.1. The zero-order chi connectivity index (χ0) is 11.5. The Morgan fingerprint density at radius 1 is 1.19 bits per heavy atom. The molecule has 2 rings (SSSR count). The SMILES string of the molecule is Cc1nc(F)cc(-c2ccc(C#N)cc2)n1. The molecule has 0 saturated carbocycles. The van der Waals surface area contributed by atoms with Crippen molar-refractivity contribution in [2.24, 2.45) is 0 Å². The number of hydrogen-bond donors (Lipinski definition) is 0. The maximum atomic E-state index is 13.1. The van der Waals surface area contributed by atoms with Gasteiger partial charge in [0.05, 0.1) is 17.3 Å². The third kappa shape index (κ3) is 2.04.